The molecule has 0 aliphatic heterocycles. The van der Waals surface area contributed by atoms with Crippen LogP contribution >= 0.6 is 11.3 Å². The molecule has 0 aliphatic carbocycles. The minimum Gasteiger partial charge on any atom is -0.208 e. The predicted molar refractivity (Wildman–Crippen MR) is 207 cm³/mol. The normalized spacial score (nSPS) is 11.7. The van der Waals surface area contributed by atoms with Crippen molar-refractivity contribution in [2.75, 3.05) is 0 Å². The standard InChI is InChI=1S/C45H27N3S/c1-2-12-31(13-3-1)43-46-44(32-21-18-29(19-22-32)34-23-20-28-10-4-5-14-33(28)26-34)48-45(47-43)40-36-16-8-7-15-35(36)27-39-38-25-24-30-11-6-9-17-37(30)41(38)49-42(39)40/h1-27H. The molecule has 4 heteroatoms. The van der Waals surface area contributed by atoms with E-state index < -0.39 is 0 Å². The number of nitrogens with zero attached hydrogens (tertiary/aromatic N) is 3. The lowest BCUT2D eigenvalue weighted by atomic mass is 9.98. The first kappa shape index (κ1) is 27.8. The van der Waals surface area contributed by atoms with Gasteiger partial charge in [0.15, 0.2) is 17.5 Å². The molecule has 0 aliphatic rings. The molecule has 228 valence electrons. The Labute approximate surface area is 286 Å². The smallest absolute Gasteiger partial charge is 0.166 e. The van der Waals surface area contributed by atoms with Crippen molar-refractivity contribution in [2.24, 2.45) is 0 Å². The van der Waals surface area contributed by atoms with Crippen LogP contribution in [0.2, 0.25) is 0 Å². The molecular formula is C45H27N3S. The van der Waals surface area contributed by atoms with E-state index in [1.54, 1.807) is 0 Å². The highest BCUT2D eigenvalue weighted by molar-refractivity contribution is 7.27. The van der Waals surface area contributed by atoms with Crippen molar-refractivity contribution in [1.29, 1.82) is 0 Å². The summed E-state index contributed by atoms with van der Waals surface area (Å²) in [6.07, 6.45) is 0. The Morgan fingerprint density at radius 3 is 1.67 bits per heavy atom. The van der Waals surface area contributed by atoms with Crippen molar-refractivity contribution in [1.82, 2.24) is 15.0 Å². The van der Waals surface area contributed by atoms with Crippen molar-refractivity contribution >= 4 is 63.8 Å². The summed E-state index contributed by atoms with van der Waals surface area (Å²) in [6.45, 7) is 0. The molecule has 0 amide bonds. The zero-order valence-electron chi connectivity index (χ0n) is 26.3. The van der Waals surface area contributed by atoms with Crippen molar-refractivity contribution in [3.63, 3.8) is 0 Å². The topological polar surface area (TPSA) is 38.7 Å². The van der Waals surface area contributed by atoms with Gasteiger partial charge in [-0.15, -0.1) is 11.3 Å². The lowest BCUT2D eigenvalue weighted by Gasteiger charge is -2.12. The average Bonchev–Trinajstić information content (AvgIpc) is 3.55. The van der Waals surface area contributed by atoms with Crippen LogP contribution in [0.4, 0.5) is 0 Å². The summed E-state index contributed by atoms with van der Waals surface area (Å²) in [6, 6.07) is 57.9. The van der Waals surface area contributed by atoms with Gasteiger partial charge in [-0.1, -0.05) is 152 Å². The molecule has 10 aromatic rings. The van der Waals surface area contributed by atoms with E-state index in [1.165, 1.54) is 52.7 Å². The van der Waals surface area contributed by atoms with Crippen LogP contribution in [0.3, 0.4) is 0 Å². The van der Waals surface area contributed by atoms with Crippen LogP contribution < -0.4 is 0 Å². The zero-order chi connectivity index (χ0) is 32.3. The third-order valence-electron chi connectivity index (χ3n) is 9.49. The predicted octanol–water partition coefficient (Wildman–Crippen LogP) is 12.4. The molecule has 2 heterocycles. The highest BCUT2D eigenvalue weighted by atomic mass is 32.1. The van der Waals surface area contributed by atoms with E-state index in [-0.39, 0.29) is 0 Å². The van der Waals surface area contributed by atoms with Crippen molar-refractivity contribution in [2.45, 2.75) is 0 Å². The fourth-order valence-corrected chi connectivity index (χ4v) is 8.41. The summed E-state index contributed by atoms with van der Waals surface area (Å²) in [4.78, 5) is 15.5. The van der Waals surface area contributed by atoms with Crippen molar-refractivity contribution in [3.05, 3.63) is 164 Å². The fraction of sp³-hybridized carbons (Fsp3) is 0. The summed E-state index contributed by atoms with van der Waals surface area (Å²) < 4.78 is 2.47. The Bertz CT molecular complexity index is 2870. The van der Waals surface area contributed by atoms with Crippen LogP contribution in [-0.2, 0) is 0 Å². The SMILES string of the molecule is c1ccc(-c2nc(-c3ccc(-c4ccc5ccccc5c4)cc3)nc(-c3c4ccccc4cc4c3sc3c5ccccc5ccc43)n2)cc1. The molecule has 0 bridgehead atoms. The number of rotatable bonds is 4. The molecule has 0 spiro atoms. The lowest BCUT2D eigenvalue weighted by molar-refractivity contribution is 1.08. The van der Waals surface area contributed by atoms with Crippen LogP contribution in [0.15, 0.2) is 164 Å². The maximum atomic E-state index is 5.26. The minimum absolute atomic E-state index is 0.654. The summed E-state index contributed by atoms with van der Waals surface area (Å²) in [5.41, 5.74) is 5.29. The van der Waals surface area contributed by atoms with E-state index in [4.69, 9.17) is 15.0 Å². The Hall–Kier alpha value is -6.23. The molecule has 0 saturated heterocycles. The maximum Gasteiger partial charge on any atom is 0.166 e. The van der Waals surface area contributed by atoms with E-state index in [0.717, 1.165) is 27.6 Å². The first-order chi connectivity index (χ1) is 24.3. The van der Waals surface area contributed by atoms with Crippen LogP contribution in [0.1, 0.15) is 0 Å². The summed E-state index contributed by atoms with van der Waals surface area (Å²) in [5.74, 6) is 1.99. The highest BCUT2D eigenvalue weighted by Gasteiger charge is 2.20. The minimum atomic E-state index is 0.654. The monoisotopic (exact) mass is 641 g/mol. The van der Waals surface area contributed by atoms with Gasteiger partial charge in [0.05, 0.1) is 0 Å². The van der Waals surface area contributed by atoms with E-state index in [2.05, 4.69) is 146 Å². The van der Waals surface area contributed by atoms with Crippen LogP contribution in [0, 0.1) is 0 Å². The van der Waals surface area contributed by atoms with Gasteiger partial charge >= 0.3 is 0 Å². The molecule has 0 N–H and O–H groups in total. The van der Waals surface area contributed by atoms with Gasteiger partial charge in [0, 0.05) is 36.9 Å². The first-order valence-electron chi connectivity index (χ1n) is 16.4. The molecule has 3 nitrogen and oxygen atoms in total. The van der Waals surface area contributed by atoms with Gasteiger partial charge in [0.25, 0.3) is 0 Å². The summed E-state index contributed by atoms with van der Waals surface area (Å²) in [5, 5.41) is 9.76. The summed E-state index contributed by atoms with van der Waals surface area (Å²) in [7, 11) is 0. The first-order valence-corrected chi connectivity index (χ1v) is 17.3. The van der Waals surface area contributed by atoms with E-state index in [9.17, 15) is 0 Å². The second-order valence-electron chi connectivity index (χ2n) is 12.4. The van der Waals surface area contributed by atoms with Gasteiger partial charge in [-0.05, 0) is 55.6 Å². The number of benzene rings is 8. The van der Waals surface area contributed by atoms with Crippen LogP contribution in [0.25, 0.3) is 97.8 Å². The second kappa shape index (κ2) is 11.2. The number of aromatic nitrogens is 3. The van der Waals surface area contributed by atoms with Gasteiger partial charge < -0.3 is 0 Å². The maximum absolute atomic E-state index is 5.26. The molecule has 10 rings (SSSR count). The van der Waals surface area contributed by atoms with Gasteiger partial charge in [-0.3, -0.25) is 0 Å². The Morgan fingerprint density at radius 1 is 0.306 bits per heavy atom. The summed E-state index contributed by atoms with van der Waals surface area (Å²) >= 11 is 1.83. The molecule has 2 aromatic heterocycles. The van der Waals surface area contributed by atoms with Crippen molar-refractivity contribution < 1.29 is 0 Å². The lowest BCUT2D eigenvalue weighted by Crippen LogP contribution is -2.00. The molecular weight excluding hydrogens is 615 g/mol. The Balaban J connectivity index is 1.20. The molecule has 0 fully saturated rings. The van der Waals surface area contributed by atoms with Crippen LogP contribution in [0.5, 0.6) is 0 Å². The largest absolute Gasteiger partial charge is 0.208 e. The molecule has 0 radical (unpaired) electrons. The Morgan fingerprint density at radius 2 is 0.878 bits per heavy atom. The van der Waals surface area contributed by atoms with E-state index >= 15 is 0 Å². The quantitative estimate of drug-likeness (QED) is 0.192. The third-order valence-corrected chi connectivity index (χ3v) is 10.8. The van der Waals surface area contributed by atoms with Gasteiger partial charge in [-0.2, -0.15) is 0 Å². The second-order valence-corrected chi connectivity index (χ2v) is 13.4. The molecule has 8 aromatic carbocycles. The molecule has 0 atom stereocenters. The third kappa shape index (κ3) is 4.68. The zero-order valence-corrected chi connectivity index (χ0v) is 27.2. The number of hydrogen-bond acceptors (Lipinski definition) is 4. The van der Waals surface area contributed by atoms with E-state index in [0.29, 0.717) is 17.5 Å². The fourth-order valence-electron chi connectivity index (χ4n) is 7.04. The number of fused-ring (bicyclic) bond motifs is 7. The number of thiophene rings is 1. The number of hydrogen-bond donors (Lipinski definition) is 0. The highest BCUT2D eigenvalue weighted by Crippen LogP contribution is 2.45. The van der Waals surface area contributed by atoms with E-state index in [1.807, 2.05) is 29.5 Å². The van der Waals surface area contributed by atoms with Crippen molar-refractivity contribution in [3.8, 4) is 45.3 Å². The Kier molecular flexibility index (Phi) is 6.36. The molecule has 0 saturated carbocycles. The molecule has 0 unspecified atom stereocenters. The van der Waals surface area contributed by atoms with Gasteiger partial charge in [0.2, 0.25) is 0 Å². The molecule has 49 heavy (non-hydrogen) atoms. The van der Waals surface area contributed by atoms with Gasteiger partial charge in [-0.25, -0.2) is 15.0 Å². The average molecular weight is 642 g/mol. The van der Waals surface area contributed by atoms with Crippen LogP contribution in [-0.4, -0.2) is 15.0 Å². The van der Waals surface area contributed by atoms with Gasteiger partial charge in [0.1, 0.15) is 0 Å².